The van der Waals surface area contributed by atoms with Crippen LogP contribution in [0.15, 0.2) is 0 Å². The first-order valence-corrected chi connectivity index (χ1v) is 7.68. The van der Waals surface area contributed by atoms with Gasteiger partial charge in [0.15, 0.2) is 5.13 Å². The fourth-order valence-electron chi connectivity index (χ4n) is 2.64. The molecule has 112 valence electrons. The molecule has 5 nitrogen and oxygen atoms in total. The largest absolute Gasteiger partial charge is 0.378 e. The van der Waals surface area contributed by atoms with Gasteiger partial charge >= 0.3 is 0 Å². The first kappa shape index (κ1) is 15.7. The number of aromatic nitrogens is 1. The van der Waals surface area contributed by atoms with E-state index in [1.54, 1.807) is 11.3 Å². The fraction of sp³-hybridized carbons (Fsp3) is 0.692. The number of carbonyl (C=O) groups is 1. The number of aryl methyl sites for hydroxylation is 1. The van der Waals surface area contributed by atoms with Crippen molar-refractivity contribution in [1.82, 2.24) is 4.98 Å². The van der Waals surface area contributed by atoms with E-state index in [1.807, 2.05) is 0 Å². The number of nitrogens with two attached hydrogens (primary N) is 1. The van der Waals surface area contributed by atoms with Crippen molar-refractivity contribution in [2.24, 2.45) is 5.73 Å². The molecule has 0 radical (unpaired) electrons. The molecule has 1 amide bonds. The zero-order valence-electron chi connectivity index (χ0n) is 11.3. The first-order valence-electron chi connectivity index (χ1n) is 6.86. The van der Waals surface area contributed by atoms with Crippen LogP contribution in [-0.4, -0.2) is 29.6 Å². The van der Waals surface area contributed by atoms with Gasteiger partial charge in [-0.05, 0) is 32.1 Å². The third kappa shape index (κ3) is 3.69. The smallest absolute Gasteiger partial charge is 0.228 e. The molecule has 1 fully saturated rings. The number of halogens is 1. The molecule has 0 saturated carbocycles. The van der Waals surface area contributed by atoms with Gasteiger partial charge in [-0.15, -0.1) is 23.7 Å². The zero-order valence-corrected chi connectivity index (χ0v) is 12.9. The van der Waals surface area contributed by atoms with Crippen molar-refractivity contribution >= 4 is 34.8 Å². The summed E-state index contributed by atoms with van der Waals surface area (Å²) in [6.45, 7) is 0.779. The van der Waals surface area contributed by atoms with Crippen molar-refractivity contribution in [3.05, 3.63) is 10.6 Å². The van der Waals surface area contributed by atoms with E-state index in [1.165, 1.54) is 4.88 Å². The van der Waals surface area contributed by atoms with Gasteiger partial charge < -0.3 is 15.8 Å². The number of nitrogens with one attached hydrogen (secondary N) is 1. The summed E-state index contributed by atoms with van der Waals surface area (Å²) in [4.78, 5) is 17.6. The Balaban J connectivity index is 0.00000147. The van der Waals surface area contributed by atoms with Gasteiger partial charge in [-0.2, -0.15) is 0 Å². The normalized spacial score (nSPS) is 24.9. The number of nitrogens with zero attached hydrogens (tertiary/aromatic N) is 1. The van der Waals surface area contributed by atoms with Gasteiger partial charge in [0.05, 0.1) is 18.2 Å². The Hall–Kier alpha value is -0.690. The summed E-state index contributed by atoms with van der Waals surface area (Å²) in [6.07, 6.45) is 5.36. The lowest BCUT2D eigenvalue weighted by Crippen LogP contribution is -2.27. The van der Waals surface area contributed by atoms with Crippen molar-refractivity contribution in [2.75, 3.05) is 11.9 Å². The predicted molar refractivity (Wildman–Crippen MR) is 81.6 cm³/mol. The van der Waals surface area contributed by atoms with Crippen LogP contribution in [0, 0.1) is 0 Å². The average molecular weight is 318 g/mol. The number of anilines is 1. The summed E-state index contributed by atoms with van der Waals surface area (Å²) in [6, 6.07) is 0.239. The molecular formula is C13H20ClN3O2S. The topological polar surface area (TPSA) is 77.2 Å². The molecule has 1 aliphatic carbocycles. The van der Waals surface area contributed by atoms with E-state index < -0.39 is 0 Å². The van der Waals surface area contributed by atoms with Crippen LogP contribution in [-0.2, 0) is 22.4 Å². The number of amides is 1. The van der Waals surface area contributed by atoms with Crippen molar-refractivity contribution in [2.45, 2.75) is 50.7 Å². The monoisotopic (exact) mass is 317 g/mol. The minimum Gasteiger partial charge on any atom is -0.378 e. The standard InChI is InChI=1S/C13H19N3O2S.ClH/c14-8-3-4-10-11(6-8)19-13(15-10)16-12(17)7-9-2-1-5-18-9;/h8-9H,1-7,14H2,(H,15,16,17);1H/t8-,9?;/m0./s1. The van der Waals surface area contributed by atoms with Crippen LogP contribution in [0.5, 0.6) is 0 Å². The molecule has 1 aliphatic heterocycles. The lowest BCUT2D eigenvalue weighted by atomic mass is 9.99. The van der Waals surface area contributed by atoms with Gasteiger partial charge in [0.2, 0.25) is 5.91 Å². The molecule has 1 saturated heterocycles. The molecule has 2 aliphatic rings. The van der Waals surface area contributed by atoms with Gasteiger partial charge in [0, 0.05) is 17.5 Å². The van der Waals surface area contributed by atoms with E-state index in [9.17, 15) is 4.79 Å². The molecule has 7 heteroatoms. The second-order valence-electron chi connectivity index (χ2n) is 5.28. The van der Waals surface area contributed by atoms with Crippen LogP contribution in [0.3, 0.4) is 0 Å². The van der Waals surface area contributed by atoms with Crippen molar-refractivity contribution in [3.63, 3.8) is 0 Å². The lowest BCUT2D eigenvalue weighted by molar-refractivity contribution is -0.118. The first-order chi connectivity index (χ1) is 9.20. The minimum atomic E-state index is 0. The number of thiazole rings is 1. The Kier molecular flexibility index (Phi) is 5.37. The summed E-state index contributed by atoms with van der Waals surface area (Å²) in [5.41, 5.74) is 7.05. The molecule has 0 bridgehead atoms. The van der Waals surface area contributed by atoms with Crippen LogP contribution < -0.4 is 11.1 Å². The molecule has 1 aromatic rings. The van der Waals surface area contributed by atoms with Crippen LogP contribution in [0.25, 0.3) is 0 Å². The number of hydrogen-bond acceptors (Lipinski definition) is 5. The maximum atomic E-state index is 11.9. The number of fused-ring (bicyclic) bond motifs is 1. The number of ether oxygens (including phenoxy) is 1. The maximum Gasteiger partial charge on any atom is 0.228 e. The Bertz CT molecular complexity index is 474. The molecule has 20 heavy (non-hydrogen) atoms. The lowest BCUT2D eigenvalue weighted by Gasteiger charge is -2.15. The Morgan fingerprint density at radius 1 is 1.50 bits per heavy atom. The van der Waals surface area contributed by atoms with E-state index in [-0.39, 0.29) is 30.5 Å². The zero-order chi connectivity index (χ0) is 13.2. The highest BCUT2D eigenvalue weighted by molar-refractivity contribution is 7.15. The second-order valence-corrected chi connectivity index (χ2v) is 6.36. The molecule has 0 aromatic carbocycles. The Labute approximate surface area is 128 Å². The number of hydrogen-bond donors (Lipinski definition) is 2. The highest BCUT2D eigenvalue weighted by atomic mass is 35.5. The molecule has 2 heterocycles. The van der Waals surface area contributed by atoms with E-state index in [2.05, 4.69) is 10.3 Å². The minimum absolute atomic E-state index is 0. The Morgan fingerprint density at radius 3 is 3.10 bits per heavy atom. The second kappa shape index (κ2) is 6.85. The molecule has 1 unspecified atom stereocenters. The van der Waals surface area contributed by atoms with Gasteiger partial charge in [-0.25, -0.2) is 4.98 Å². The molecule has 0 spiro atoms. The molecule has 2 atom stereocenters. The molecule has 3 rings (SSSR count). The summed E-state index contributed by atoms with van der Waals surface area (Å²) in [5.74, 6) is 0.00213. The third-order valence-electron chi connectivity index (χ3n) is 3.66. The van der Waals surface area contributed by atoms with Crippen molar-refractivity contribution < 1.29 is 9.53 Å². The highest BCUT2D eigenvalue weighted by Crippen LogP contribution is 2.29. The molecule has 1 aromatic heterocycles. The van der Waals surface area contributed by atoms with Gasteiger partial charge in [0.25, 0.3) is 0 Å². The quantitative estimate of drug-likeness (QED) is 0.892. The van der Waals surface area contributed by atoms with Crippen molar-refractivity contribution in [1.29, 1.82) is 0 Å². The van der Waals surface area contributed by atoms with Gasteiger partial charge in [-0.3, -0.25) is 4.79 Å². The highest BCUT2D eigenvalue weighted by Gasteiger charge is 2.22. The fourth-order valence-corrected chi connectivity index (χ4v) is 3.75. The third-order valence-corrected chi connectivity index (χ3v) is 4.70. The molecular weight excluding hydrogens is 298 g/mol. The van der Waals surface area contributed by atoms with Crippen LogP contribution in [0.1, 0.15) is 36.3 Å². The van der Waals surface area contributed by atoms with Crippen LogP contribution in [0.4, 0.5) is 5.13 Å². The van der Waals surface area contributed by atoms with Crippen LogP contribution in [0.2, 0.25) is 0 Å². The average Bonchev–Trinajstić information content (AvgIpc) is 2.97. The number of carbonyl (C=O) groups excluding carboxylic acids is 1. The summed E-state index contributed by atoms with van der Waals surface area (Å²) < 4.78 is 5.46. The van der Waals surface area contributed by atoms with Gasteiger partial charge in [-0.1, -0.05) is 0 Å². The van der Waals surface area contributed by atoms with E-state index in [0.717, 1.165) is 44.4 Å². The van der Waals surface area contributed by atoms with E-state index in [0.29, 0.717) is 11.6 Å². The maximum absolute atomic E-state index is 11.9. The number of rotatable bonds is 3. The van der Waals surface area contributed by atoms with E-state index >= 15 is 0 Å². The van der Waals surface area contributed by atoms with Crippen molar-refractivity contribution in [3.8, 4) is 0 Å². The summed E-state index contributed by atoms with van der Waals surface area (Å²) >= 11 is 1.56. The SMILES string of the molecule is Cl.N[C@H]1CCc2nc(NC(=O)CC3CCCO3)sc2C1. The Morgan fingerprint density at radius 2 is 2.35 bits per heavy atom. The summed E-state index contributed by atoms with van der Waals surface area (Å²) in [5, 5.41) is 3.60. The summed E-state index contributed by atoms with van der Waals surface area (Å²) in [7, 11) is 0. The van der Waals surface area contributed by atoms with Crippen LogP contribution >= 0.6 is 23.7 Å². The molecule has 3 N–H and O–H groups in total. The predicted octanol–water partition coefficient (Wildman–Crippen LogP) is 1.89. The van der Waals surface area contributed by atoms with Gasteiger partial charge in [0.1, 0.15) is 0 Å². The van der Waals surface area contributed by atoms with E-state index in [4.69, 9.17) is 10.5 Å².